The molecule has 0 saturated heterocycles. The molecule has 3 aromatic carbocycles. The Morgan fingerprint density at radius 1 is 0.906 bits per heavy atom. The molecular formula is C23H18FN3O4S. The van der Waals surface area contributed by atoms with Crippen molar-refractivity contribution in [2.75, 3.05) is 10.0 Å². The number of nitrogens with one attached hydrogen (secondary N) is 2. The Morgan fingerprint density at radius 3 is 2.34 bits per heavy atom. The molecule has 0 aliphatic rings. The van der Waals surface area contributed by atoms with Gasteiger partial charge in [-0.2, -0.15) is 0 Å². The van der Waals surface area contributed by atoms with Gasteiger partial charge >= 0.3 is 0 Å². The van der Waals surface area contributed by atoms with Crippen LogP contribution in [0.4, 0.5) is 15.8 Å². The molecule has 0 fully saturated rings. The number of fused-ring (bicyclic) bond motifs is 1. The first-order chi connectivity index (χ1) is 15.2. The van der Waals surface area contributed by atoms with Crippen molar-refractivity contribution in [2.45, 2.75) is 4.90 Å². The van der Waals surface area contributed by atoms with Crippen molar-refractivity contribution in [3.8, 4) is 0 Å². The second-order valence-electron chi connectivity index (χ2n) is 7.07. The van der Waals surface area contributed by atoms with Crippen molar-refractivity contribution in [1.29, 1.82) is 0 Å². The first-order valence-corrected chi connectivity index (χ1v) is 11.0. The molecule has 4 rings (SSSR count). The number of para-hydroxylation sites is 1. The lowest BCUT2D eigenvalue weighted by molar-refractivity contribution is 0.102. The molecule has 0 atom stereocenters. The van der Waals surface area contributed by atoms with E-state index in [1.165, 1.54) is 53.1 Å². The molecule has 0 bridgehead atoms. The smallest absolute Gasteiger partial charge is 0.261 e. The van der Waals surface area contributed by atoms with Gasteiger partial charge < -0.3 is 9.88 Å². The molecule has 9 heteroatoms. The maximum atomic E-state index is 13.3. The van der Waals surface area contributed by atoms with E-state index in [1.807, 2.05) is 0 Å². The van der Waals surface area contributed by atoms with E-state index in [4.69, 9.17) is 0 Å². The second-order valence-corrected chi connectivity index (χ2v) is 8.75. The van der Waals surface area contributed by atoms with Crippen LogP contribution in [0.1, 0.15) is 10.4 Å². The van der Waals surface area contributed by atoms with Crippen LogP contribution in [0.25, 0.3) is 10.9 Å². The van der Waals surface area contributed by atoms with Crippen molar-refractivity contribution in [3.05, 3.63) is 101 Å². The van der Waals surface area contributed by atoms with Gasteiger partial charge in [0.05, 0.1) is 21.7 Å². The fourth-order valence-electron chi connectivity index (χ4n) is 3.28. The second kappa shape index (κ2) is 8.27. The summed E-state index contributed by atoms with van der Waals surface area (Å²) in [5.41, 5.74) is 0.964. The number of pyridine rings is 1. The summed E-state index contributed by atoms with van der Waals surface area (Å²) in [7, 11) is -2.31. The normalized spacial score (nSPS) is 11.3. The molecule has 4 aromatic rings. The number of nitrogens with zero attached hydrogens (tertiary/aromatic N) is 1. The van der Waals surface area contributed by atoms with E-state index in [2.05, 4.69) is 10.0 Å². The Kier molecular flexibility index (Phi) is 5.50. The van der Waals surface area contributed by atoms with Gasteiger partial charge in [-0.3, -0.25) is 14.3 Å². The minimum atomic E-state index is -3.94. The predicted molar refractivity (Wildman–Crippen MR) is 121 cm³/mol. The highest BCUT2D eigenvalue weighted by Gasteiger charge is 2.16. The highest BCUT2D eigenvalue weighted by Crippen LogP contribution is 2.21. The molecule has 0 aliphatic carbocycles. The highest BCUT2D eigenvalue weighted by molar-refractivity contribution is 7.92. The zero-order chi connectivity index (χ0) is 22.9. The third-order valence-electron chi connectivity index (χ3n) is 4.90. The van der Waals surface area contributed by atoms with Crippen molar-refractivity contribution < 1.29 is 17.6 Å². The van der Waals surface area contributed by atoms with E-state index in [0.29, 0.717) is 16.6 Å². The van der Waals surface area contributed by atoms with Crippen molar-refractivity contribution in [3.63, 3.8) is 0 Å². The van der Waals surface area contributed by atoms with Crippen LogP contribution in [0.3, 0.4) is 0 Å². The minimum absolute atomic E-state index is 0.0567. The quantitative estimate of drug-likeness (QED) is 0.483. The van der Waals surface area contributed by atoms with Crippen molar-refractivity contribution in [1.82, 2.24) is 4.57 Å². The fourth-order valence-corrected chi connectivity index (χ4v) is 4.33. The number of carbonyl (C=O) groups excluding carboxylic acids is 1. The van der Waals surface area contributed by atoms with Gasteiger partial charge in [-0.05, 0) is 48.5 Å². The zero-order valence-corrected chi connectivity index (χ0v) is 17.7. The van der Waals surface area contributed by atoms with Gasteiger partial charge in [-0.1, -0.05) is 24.3 Å². The van der Waals surface area contributed by atoms with Crippen LogP contribution in [-0.2, 0) is 17.1 Å². The van der Waals surface area contributed by atoms with Gasteiger partial charge in [-0.15, -0.1) is 0 Å². The Balaban J connectivity index is 1.57. The Labute approximate surface area is 183 Å². The van der Waals surface area contributed by atoms with Crippen LogP contribution in [0.15, 0.2) is 88.6 Å². The van der Waals surface area contributed by atoms with Gasteiger partial charge in [0, 0.05) is 24.2 Å². The lowest BCUT2D eigenvalue weighted by atomic mass is 10.1. The number of benzene rings is 3. The van der Waals surface area contributed by atoms with Gasteiger partial charge in [0.15, 0.2) is 0 Å². The summed E-state index contributed by atoms with van der Waals surface area (Å²) in [6, 6.07) is 18.9. The maximum absolute atomic E-state index is 13.3. The number of anilines is 2. The number of rotatable bonds is 5. The van der Waals surface area contributed by atoms with E-state index < -0.39 is 21.7 Å². The van der Waals surface area contributed by atoms with Crippen LogP contribution in [0, 0.1) is 5.82 Å². The Hall–Kier alpha value is -3.98. The molecule has 1 aromatic heterocycles. The molecule has 0 saturated carbocycles. The number of aryl methyl sites for hydroxylation is 1. The molecule has 0 radical (unpaired) electrons. The lowest BCUT2D eigenvalue weighted by Crippen LogP contribution is -2.21. The number of carbonyl (C=O) groups is 1. The molecule has 162 valence electrons. The van der Waals surface area contributed by atoms with Gasteiger partial charge in [-0.25, -0.2) is 12.8 Å². The Bertz CT molecular complexity index is 1500. The van der Waals surface area contributed by atoms with Crippen LogP contribution in [0.5, 0.6) is 0 Å². The van der Waals surface area contributed by atoms with E-state index in [1.54, 1.807) is 31.3 Å². The number of hydrogen-bond acceptors (Lipinski definition) is 4. The van der Waals surface area contributed by atoms with E-state index in [0.717, 1.165) is 6.07 Å². The van der Waals surface area contributed by atoms with Crippen molar-refractivity contribution >= 4 is 38.2 Å². The zero-order valence-electron chi connectivity index (χ0n) is 16.9. The summed E-state index contributed by atoms with van der Waals surface area (Å²) in [6.45, 7) is 0. The first kappa shape index (κ1) is 21.3. The summed E-state index contributed by atoms with van der Waals surface area (Å²) < 4.78 is 42.1. The molecule has 0 unspecified atom stereocenters. The van der Waals surface area contributed by atoms with E-state index in [9.17, 15) is 22.4 Å². The van der Waals surface area contributed by atoms with Gasteiger partial charge in [0.25, 0.3) is 21.5 Å². The van der Waals surface area contributed by atoms with E-state index in [-0.39, 0.29) is 21.7 Å². The van der Waals surface area contributed by atoms with Crippen molar-refractivity contribution in [2.24, 2.45) is 7.05 Å². The summed E-state index contributed by atoms with van der Waals surface area (Å²) in [4.78, 5) is 25.0. The van der Waals surface area contributed by atoms with Gasteiger partial charge in [0.2, 0.25) is 0 Å². The molecule has 1 amide bonds. The summed E-state index contributed by atoms with van der Waals surface area (Å²) >= 11 is 0. The average Bonchev–Trinajstić information content (AvgIpc) is 2.76. The first-order valence-electron chi connectivity index (χ1n) is 9.53. The number of sulfonamides is 1. The SMILES string of the molecule is Cn1c(=O)cc(C(=O)Nc2ccc(S(=O)(=O)Nc3cccc(F)c3)cc2)c2ccccc21. The van der Waals surface area contributed by atoms with Crippen LogP contribution >= 0.6 is 0 Å². The number of hydrogen-bond donors (Lipinski definition) is 2. The monoisotopic (exact) mass is 451 g/mol. The largest absolute Gasteiger partial charge is 0.322 e. The van der Waals surface area contributed by atoms with Crippen LogP contribution in [-0.4, -0.2) is 18.9 Å². The predicted octanol–water partition coefficient (Wildman–Crippen LogP) is 3.73. The molecule has 1 heterocycles. The summed E-state index contributed by atoms with van der Waals surface area (Å²) in [5.74, 6) is -1.06. The molecule has 2 N–H and O–H groups in total. The molecule has 32 heavy (non-hydrogen) atoms. The van der Waals surface area contributed by atoms with Gasteiger partial charge in [0.1, 0.15) is 5.82 Å². The minimum Gasteiger partial charge on any atom is -0.322 e. The third kappa shape index (κ3) is 4.23. The summed E-state index contributed by atoms with van der Waals surface area (Å²) in [5, 5.41) is 3.30. The topological polar surface area (TPSA) is 97.3 Å². The Morgan fingerprint density at radius 2 is 1.62 bits per heavy atom. The van der Waals surface area contributed by atoms with Crippen LogP contribution < -0.4 is 15.6 Å². The molecule has 0 aliphatic heterocycles. The molecule has 0 spiro atoms. The molecule has 7 nitrogen and oxygen atoms in total. The number of aromatic nitrogens is 1. The maximum Gasteiger partial charge on any atom is 0.261 e. The average molecular weight is 451 g/mol. The number of halogens is 1. The number of amides is 1. The summed E-state index contributed by atoms with van der Waals surface area (Å²) in [6.07, 6.45) is 0. The standard InChI is InChI=1S/C23H18FN3O4S/c1-27-21-8-3-2-7-19(21)20(14-22(27)28)23(29)25-16-9-11-18(12-10-16)32(30,31)26-17-6-4-5-15(24)13-17/h2-14,26H,1H3,(H,25,29). The third-order valence-corrected chi connectivity index (χ3v) is 6.30. The fraction of sp³-hybridized carbons (Fsp3) is 0.0435. The molecular weight excluding hydrogens is 433 g/mol. The van der Waals surface area contributed by atoms with E-state index >= 15 is 0 Å². The van der Waals surface area contributed by atoms with Crippen LogP contribution in [0.2, 0.25) is 0 Å². The highest BCUT2D eigenvalue weighted by atomic mass is 32.2. The lowest BCUT2D eigenvalue weighted by Gasteiger charge is -2.11.